The number of benzene rings is 1. The predicted molar refractivity (Wildman–Crippen MR) is 94.7 cm³/mol. The van der Waals surface area contributed by atoms with Crippen molar-refractivity contribution < 1.29 is 19.1 Å². The Morgan fingerprint density at radius 1 is 0.962 bits per heavy atom. The van der Waals surface area contributed by atoms with E-state index >= 15 is 0 Å². The Morgan fingerprint density at radius 2 is 1.58 bits per heavy atom. The van der Waals surface area contributed by atoms with Crippen molar-refractivity contribution in [3.8, 4) is 11.5 Å². The van der Waals surface area contributed by atoms with E-state index in [1.165, 1.54) is 11.3 Å². The molecule has 2 saturated carbocycles. The van der Waals surface area contributed by atoms with Crippen molar-refractivity contribution in [2.75, 3.05) is 20.8 Å². The third-order valence-electron chi connectivity index (χ3n) is 6.83. The van der Waals surface area contributed by atoms with Crippen molar-refractivity contribution in [3.63, 3.8) is 0 Å². The first-order chi connectivity index (χ1) is 12.6. The summed E-state index contributed by atoms with van der Waals surface area (Å²) in [5.41, 5.74) is 1.03. The molecule has 1 aromatic rings. The predicted octanol–water partition coefficient (Wildman–Crippen LogP) is 2.30. The fraction of sp³-hybridized carbons (Fsp3) is 0.524. The minimum absolute atomic E-state index is 0.0465. The molecule has 2 bridgehead atoms. The van der Waals surface area contributed by atoms with Gasteiger partial charge in [0.2, 0.25) is 11.8 Å². The Labute approximate surface area is 153 Å². The van der Waals surface area contributed by atoms with Gasteiger partial charge in [0.15, 0.2) is 11.5 Å². The number of ether oxygens (including phenoxy) is 2. The average Bonchev–Trinajstić information content (AvgIpc) is 3.45. The molecule has 0 aromatic heterocycles. The molecule has 4 aliphatic carbocycles. The lowest BCUT2D eigenvalue weighted by Gasteiger charge is -2.37. The van der Waals surface area contributed by atoms with Crippen LogP contribution in [0, 0.1) is 35.5 Å². The molecule has 1 aromatic carbocycles. The average molecular weight is 353 g/mol. The molecule has 0 unspecified atom stereocenters. The third-order valence-corrected chi connectivity index (χ3v) is 6.83. The van der Waals surface area contributed by atoms with Crippen molar-refractivity contribution >= 4 is 11.8 Å². The Bertz CT molecular complexity index is 780. The molecule has 5 aliphatic rings. The van der Waals surface area contributed by atoms with Crippen LogP contribution in [0.2, 0.25) is 0 Å². The van der Waals surface area contributed by atoms with Crippen LogP contribution in [0.4, 0.5) is 0 Å². The van der Waals surface area contributed by atoms with E-state index in [0.717, 1.165) is 5.56 Å². The van der Waals surface area contributed by atoms with Crippen LogP contribution in [-0.2, 0) is 16.0 Å². The monoisotopic (exact) mass is 353 g/mol. The lowest BCUT2D eigenvalue weighted by atomic mass is 9.63. The number of hydrogen-bond acceptors (Lipinski definition) is 4. The van der Waals surface area contributed by atoms with Gasteiger partial charge in [-0.15, -0.1) is 0 Å². The summed E-state index contributed by atoms with van der Waals surface area (Å²) in [5.74, 6) is 3.10. The zero-order valence-corrected chi connectivity index (χ0v) is 15.1. The van der Waals surface area contributed by atoms with Crippen LogP contribution in [0.3, 0.4) is 0 Å². The minimum Gasteiger partial charge on any atom is -0.493 e. The second-order valence-corrected chi connectivity index (χ2v) is 7.92. The van der Waals surface area contributed by atoms with Gasteiger partial charge in [-0.05, 0) is 54.2 Å². The molecule has 5 nitrogen and oxygen atoms in total. The van der Waals surface area contributed by atoms with Crippen LogP contribution < -0.4 is 9.47 Å². The topological polar surface area (TPSA) is 55.8 Å². The molecule has 3 fully saturated rings. The van der Waals surface area contributed by atoms with E-state index < -0.39 is 0 Å². The summed E-state index contributed by atoms with van der Waals surface area (Å²) in [6.07, 6.45) is 6.25. The number of allylic oxidation sites excluding steroid dienone is 2. The smallest absolute Gasteiger partial charge is 0.233 e. The standard InChI is InChI=1S/C21H23NO4/c1-25-16-6-3-11(9-17(16)26-2)7-8-22-20(23)18-12-4-5-13(15-10-14(12)15)19(18)21(22)24/h3-6,9,12-15,18-19H,7-8,10H2,1-2H3/t12-,13-,14-,15+,18-,19+/m1/s1. The van der Waals surface area contributed by atoms with E-state index in [9.17, 15) is 9.59 Å². The summed E-state index contributed by atoms with van der Waals surface area (Å²) in [4.78, 5) is 27.5. The highest BCUT2D eigenvalue weighted by molar-refractivity contribution is 6.06. The summed E-state index contributed by atoms with van der Waals surface area (Å²) >= 11 is 0. The fourth-order valence-corrected chi connectivity index (χ4v) is 5.52. The molecule has 26 heavy (non-hydrogen) atoms. The number of rotatable bonds is 5. The summed E-state index contributed by atoms with van der Waals surface area (Å²) < 4.78 is 10.6. The second-order valence-electron chi connectivity index (χ2n) is 7.92. The van der Waals surface area contributed by atoms with Gasteiger partial charge in [0.05, 0.1) is 26.1 Å². The maximum Gasteiger partial charge on any atom is 0.233 e. The first-order valence-electron chi connectivity index (χ1n) is 9.38. The molecule has 0 N–H and O–H groups in total. The van der Waals surface area contributed by atoms with Crippen LogP contribution >= 0.6 is 0 Å². The van der Waals surface area contributed by atoms with Crippen LogP contribution in [0.25, 0.3) is 0 Å². The van der Waals surface area contributed by atoms with Crippen molar-refractivity contribution in [2.45, 2.75) is 12.8 Å². The molecule has 1 aliphatic heterocycles. The highest BCUT2D eigenvalue weighted by Gasteiger charge is 2.66. The number of nitrogens with zero attached hydrogens (tertiary/aromatic N) is 1. The first kappa shape index (κ1) is 15.9. The molecule has 1 heterocycles. The van der Waals surface area contributed by atoms with Gasteiger partial charge < -0.3 is 9.47 Å². The quantitative estimate of drug-likeness (QED) is 0.602. The molecule has 5 heteroatoms. The van der Waals surface area contributed by atoms with Gasteiger partial charge in [0.1, 0.15) is 0 Å². The van der Waals surface area contributed by atoms with Gasteiger partial charge in [-0.25, -0.2) is 0 Å². The number of hydrogen-bond donors (Lipinski definition) is 0. The summed E-state index contributed by atoms with van der Waals surface area (Å²) in [6.45, 7) is 0.439. The normalized spacial score (nSPS) is 36.2. The van der Waals surface area contributed by atoms with Crippen LogP contribution in [0.15, 0.2) is 30.4 Å². The SMILES string of the molecule is COc1ccc(CCN2C(=O)[C@@H]3[C@@H]4C=C[C@H]([C@@H]5C[C@H]45)[C@@H]3C2=O)cc1OC. The van der Waals surface area contributed by atoms with Crippen LogP contribution in [0.1, 0.15) is 12.0 Å². The number of likely N-dealkylation sites (tertiary alicyclic amines) is 1. The summed E-state index contributed by atoms with van der Waals surface area (Å²) in [6, 6.07) is 5.73. The maximum absolute atomic E-state index is 13.0. The molecule has 0 radical (unpaired) electrons. The zero-order valence-electron chi connectivity index (χ0n) is 15.1. The van der Waals surface area contributed by atoms with Gasteiger partial charge in [-0.2, -0.15) is 0 Å². The van der Waals surface area contributed by atoms with Crippen molar-refractivity contribution in [1.29, 1.82) is 0 Å². The highest BCUT2D eigenvalue weighted by atomic mass is 16.5. The number of amides is 2. The van der Waals surface area contributed by atoms with E-state index in [2.05, 4.69) is 12.2 Å². The Morgan fingerprint density at radius 3 is 2.15 bits per heavy atom. The van der Waals surface area contributed by atoms with Crippen molar-refractivity contribution in [3.05, 3.63) is 35.9 Å². The lowest BCUT2D eigenvalue weighted by Crippen LogP contribution is -2.40. The molecule has 6 atom stereocenters. The minimum atomic E-state index is -0.105. The van der Waals surface area contributed by atoms with Gasteiger partial charge in [0.25, 0.3) is 0 Å². The summed E-state index contributed by atoms with van der Waals surface area (Å²) in [7, 11) is 3.21. The van der Waals surface area contributed by atoms with E-state index in [1.54, 1.807) is 14.2 Å². The Kier molecular flexibility index (Phi) is 3.43. The molecule has 0 spiro atoms. The second kappa shape index (κ2) is 5.60. The lowest BCUT2D eigenvalue weighted by molar-refractivity contribution is -0.140. The number of carbonyl (C=O) groups excluding carboxylic acids is 2. The van der Waals surface area contributed by atoms with Crippen LogP contribution in [-0.4, -0.2) is 37.5 Å². The molecular formula is C21H23NO4. The Hall–Kier alpha value is -2.30. The summed E-state index contributed by atoms with van der Waals surface area (Å²) in [5, 5.41) is 0. The van der Waals surface area contributed by atoms with E-state index in [-0.39, 0.29) is 35.5 Å². The molecule has 6 rings (SSSR count). The largest absolute Gasteiger partial charge is 0.493 e. The fourth-order valence-electron chi connectivity index (χ4n) is 5.52. The molecular weight excluding hydrogens is 330 g/mol. The maximum atomic E-state index is 13.0. The van der Waals surface area contributed by atoms with Gasteiger partial charge in [-0.1, -0.05) is 18.2 Å². The van der Waals surface area contributed by atoms with Gasteiger partial charge in [-0.3, -0.25) is 14.5 Å². The Balaban J connectivity index is 1.33. The van der Waals surface area contributed by atoms with Crippen LogP contribution in [0.5, 0.6) is 11.5 Å². The van der Waals surface area contributed by atoms with Crippen molar-refractivity contribution in [1.82, 2.24) is 4.90 Å². The molecule has 2 amide bonds. The molecule has 136 valence electrons. The number of carbonyl (C=O) groups is 2. The highest BCUT2D eigenvalue weighted by Crippen LogP contribution is 2.65. The van der Waals surface area contributed by atoms with Gasteiger partial charge >= 0.3 is 0 Å². The van der Waals surface area contributed by atoms with Crippen molar-refractivity contribution in [2.24, 2.45) is 35.5 Å². The third kappa shape index (κ3) is 2.09. The zero-order chi connectivity index (χ0) is 18.0. The molecule has 1 saturated heterocycles. The van der Waals surface area contributed by atoms with E-state index in [0.29, 0.717) is 36.3 Å². The number of methoxy groups -OCH3 is 2. The van der Waals surface area contributed by atoms with E-state index in [1.807, 2.05) is 18.2 Å². The van der Waals surface area contributed by atoms with E-state index in [4.69, 9.17) is 9.47 Å². The first-order valence-corrected chi connectivity index (χ1v) is 9.38. The van der Waals surface area contributed by atoms with Gasteiger partial charge in [0, 0.05) is 6.54 Å². The number of imide groups is 1.